The fourth-order valence-electron chi connectivity index (χ4n) is 3.73. The first-order chi connectivity index (χ1) is 14.5. The van der Waals surface area contributed by atoms with Crippen molar-refractivity contribution in [2.75, 3.05) is 6.61 Å². The molecule has 0 N–H and O–H groups in total. The first-order valence-electron chi connectivity index (χ1n) is 10.5. The SMILES string of the molecule is CCOc1nn(C)c(=O)c(-c2c(CC)cc(C)cc2CC)c1OCc1ccccc1. The summed E-state index contributed by atoms with van der Waals surface area (Å²) in [4.78, 5) is 13.3. The second-order valence-electron chi connectivity index (χ2n) is 7.31. The van der Waals surface area contributed by atoms with E-state index in [0.29, 0.717) is 30.4 Å². The molecule has 1 aromatic heterocycles. The minimum atomic E-state index is -0.185. The number of rotatable bonds is 8. The molecule has 0 saturated carbocycles. The summed E-state index contributed by atoms with van der Waals surface area (Å²) in [5, 5.41) is 4.35. The summed E-state index contributed by atoms with van der Waals surface area (Å²) in [6.07, 6.45) is 1.63. The van der Waals surface area contributed by atoms with Gasteiger partial charge in [-0.2, -0.15) is 0 Å². The quantitative estimate of drug-likeness (QED) is 0.536. The minimum absolute atomic E-state index is 0.185. The molecule has 5 nitrogen and oxygen atoms in total. The molecule has 0 amide bonds. The molecule has 158 valence electrons. The largest absolute Gasteiger partial charge is 0.482 e. The highest BCUT2D eigenvalue weighted by Crippen LogP contribution is 2.39. The predicted molar refractivity (Wildman–Crippen MR) is 120 cm³/mol. The second-order valence-corrected chi connectivity index (χ2v) is 7.31. The lowest BCUT2D eigenvalue weighted by molar-refractivity contribution is 0.256. The Morgan fingerprint density at radius 2 is 1.57 bits per heavy atom. The van der Waals surface area contributed by atoms with Gasteiger partial charge >= 0.3 is 0 Å². The number of ether oxygens (including phenoxy) is 2. The van der Waals surface area contributed by atoms with Crippen molar-refractivity contribution in [2.45, 2.75) is 47.1 Å². The molecule has 0 spiro atoms. The van der Waals surface area contributed by atoms with E-state index in [1.54, 1.807) is 7.05 Å². The van der Waals surface area contributed by atoms with Crippen LogP contribution in [-0.2, 0) is 26.5 Å². The van der Waals surface area contributed by atoms with Crippen LogP contribution in [0, 0.1) is 6.92 Å². The normalized spacial score (nSPS) is 10.8. The average Bonchev–Trinajstić information content (AvgIpc) is 2.75. The molecular formula is C25H30N2O3. The van der Waals surface area contributed by atoms with E-state index in [1.807, 2.05) is 37.3 Å². The summed E-state index contributed by atoms with van der Waals surface area (Å²) in [6.45, 7) is 8.97. The lowest BCUT2D eigenvalue weighted by Crippen LogP contribution is -2.24. The summed E-state index contributed by atoms with van der Waals surface area (Å²) in [5.74, 6) is 0.757. The van der Waals surface area contributed by atoms with Gasteiger partial charge in [0.25, 0.3) is 11.4 Å². The van der Waals surface area contributed by atoms with Crippen LogP contribution in [0.4, 0.5) is 0 Å². The van der Waals surface area contributed by atoms with E-state index >= 15 is 0 Å². The van der Waals surface area contributed by atoms with E-state index < -0.39 is 0 Å². The number of hydrogen-bond acceptors (Lipinski definition) is 4. The van der Waals surface area contributed by atoms with Crippen molar-refractivity contribution < 1.29 is 9.47 Å². The average molecular weight is 407 g/mol. The third-order valence-electron chi connectivity index (χ3n) is 5.13. The Labute approximate surface area is 178 Å². The molecule has 0 aliphatic heterocycles. The molecule has 1 heterocycles. The van der Waals surface area contributed by atoms with Gasteiger partial charge in [0.05, 0.1) is 12.2 Å². The third kappa shape index (κ3) is 4.40. The van der Waals surface area contributed by atoms with Crippen LogP contribution in [-0.4, -0.2) is 16.4 Å². The highest BCUT2D eigenvalue weighted by Gasteiger charge is 2.24. The molecule has 5 heteroatoms. The molecule has 0 aliphatic carbocycles. The maximum Gasteiger partial charge on any atom is 0.278 e. The molecule has 0 radical (unpaired) electrons. The van der Waals surface area contributed by atoms with Gasteiger partial charge in [-0.25, -0.2) is 4.68 Å². The maximum absolute atomic E-state index is 13.3. The summed E-state index contributed by atoms with van der Waals surface area (Å²) in [5.41, 5.74) is 5.74. The summed E-state index contributed by atoms with van der Waals surface area (Å²) in [6, 6.07) is 14.2. The molecule has 0 bridgehead atoms. The molecule has 3 aromatic rings. The molecule has 0 fully saturated rings. The second kappa shape index (κ2) is 9.61. The fraction of sp³-hybridized carbons (Fsp3) is 0.360. The van der Waals surface area contributed by atoms with Gasteiger partial charge in [0.15, 0.2) is 5.75 Å². The van der Waals surface area contributed by atoms with Gasteiger partial charge in [-0.1, -0.05) is 61.9 Å². The summed E-state index contributed by atoms with van der Waals surface area (Å²) >= 11 is 0. The fourth-order valence-corrected chi connectivity index (χ4v) is 3.73. The van der Waals surface area contributed by atoms with Gasteiger partial charge in [-0.15, -0.1) is 5.10 Å². The van der Waals surface area contributed by atoms with Crippen LogP contribution in [0.3, 0.4) is 0 Å². The van der Waals surface area contributed by atoms with Crippen molar-refractivity contribution >= 4 is 0 Å². The van der Waals surface area contributed by atoms with Gasteiger partial charge in [0.1, 0.15) is 6.61 Å². The van der Waals surface area contributed by atoms with Gasteiger partial charge in [0.2, 0.25) is 0 Å². The lowest BCUT2D eigenvalue weighted by atomic mass is 9.90. The first-order valence-corrected chi connectivity index (χ1v) is 10.5. The molecule has 30 heavy (non-hydrogen) atoms. The van der Waals surface area contributed by atoms with Gasteiger partial charge in [-0.05, 0) is 48.9 Å². The number of aromatic nitrogens is 2. The smallest absolute Gasteiger partial charge is 0.278 e. The highest BCUT2D eigenvalue weighted by atomic mass is 16.5. The maximum atomic E-state index is 13.3. The Bertz CT molecular complexity index is 1050. The van der Waals surface area contributed by atoms with Gasteiger partial charge in [0, 0.05) is 7.05 Å². The van der Waals surface area contributed by atoms with Crippen molar-refractivity contribution in [3.63, 3.8) is 0 Å². The zero-order chi connectivity index (χ0) is 21.7. The van der Waals surface area contributed by atoms with Gasteiger partial charge in [-0.3, -0.25) is 4.79 Å². The summed E-state index contributed by atoms with van der Waals surface area (Å²) in [7, 11) is 1.65. The lowest BCUT2D eigenvalue weighted by Gasteiger charge is -2.20. The Kier molecular flexibility index (Phi) is 6.93. The van der Waals surface area contributed by atoms with E-state index in [2.05, 4.69) is 38.0 Å². The Hall–Kier alpha value is -3.08. The Morgan fingerprint density at radius 1 is 0.933 bits per heavy atom. The number of aryl methyl sites for hydroxylation is 4. The van der Waals surface area contributed by atoms with Crippen LogP contribution < -0.4 is 15.0 Å². The molecule has 2 aromatic carbocycles. The van der Waals surface area contributed by atoms with Crippen molar-refractivity contribution in [2.24, 2.45) is 7.05 Å². The van der Waals surface area contributed by atoms with E-state index in [0.717, 1.165) is 35.1 Å². The zero-order valence-electron chi connectivity index (χ0n) is 18.5. The molecule has 0 unspecified atom stereocenters. The predicted octanol–water partition coefficient (Wildman–Crippen LogP) is 4.86. The van der Waals surface area contributed by atoms with Crippen LogP contribution in [0.15, 0.2) is 47.3 Å². The molecular weight excluding hydrogens is 376 g/mol. The van der Waals surface area contributed by atoms with Crippen molar-refractivity contribution in [3.05, 3.63) is 75.1 Å². The topological polar surface area (TPSA) is 53.4 Å². The molecule has 0 atom stereocenters. The summed E-state index contributed by atoms with van der Waals surface area (Å²) < 4.78 is 13.4. The number of hydrogen-bond donors (Lipinski definition) is 0. The zero-order valence-corrected chi connectivity index (χ0v) is 18.5. The van der Waals surface area contributed by atoms with Crippen molar-refractivity contribution in [1.82, 2.24) is 9.78 Å². The monoisotopic (exact) mass is 406 g/mol. The van der Waals surface area contributed by atoms with E-state index in [9.17, 15) is 4.79 Å². The van der Waals surface area contributed by atoms with Crippen LogP contribution in [0.25, 0.3) is 11.1 Å². The highest BCUT2D eigenvalue weighted by molar-refractivity contribution is 5.78. The first kappa shape index (κ1) is 21.6. The van der Waals surface area contributed by atoms with Crippen LogP contribution in [0.1, 0.15) is 43.0 Å². The van der Waals surface area contributed by atoms with Crippen molar-refractivity contribution in [1.29, 1.82) is 0 Å². The standard InChI is InChI=1S/C25H30N2O3/c1-6-19-14-17(4)15-20(7-2)21(19)22-23(30-16-18-12-10-9-11-13-18)24(29-8-3)26-27(5)25(22)28/h9-15H,6-8,16H2,1-5H3. The minimum Gasteiger partial charge on any atom is -0.482 e. The number of benzene rings is 2. The van der Waals surface area contributed by atoms with E-state index in [-0.39, 0.29) is 5.56 Å². The van der Waals surface area contributed by atoms with Crippen LogP contribution in [0.2, 0.25) is 0 Å². The van der Waals surface area contributed by atoms with Crippen LogP contribution >= 0.6 is 0 Å². The van der Waals surface area contributed by atoms with Crippen LogP contribution in [0.5, 0.6) is 11.6 Å². The molecule has 0 aliphatic rings. The number of nitrogens with zero attached hydrogens (tertiary/aromatic N) is 2. The van der Waals surface area contributed by atoms with Gasteiger partial charge < -0.3 is 9.47 Å². The molecule has 3 rings (SSSR count). The van der Waals surface area contributed by atoms with E-state index in [4.69, 9.17) is 9.47 Å². The van der Waals surface area contributed by atoms with E-state index in [1.165, 1.54) is 10.2 Å². The molecule has 0 saturated heterocycles. The Morgan fingerprint density at radius 3 is 2.13 bits per heavy atom. The Balaban J connectivity index is 2.27. The van der Waals surface area contributed by atoms with Crippen molar-refractivity contribution in [3.8, 4) is 22.8 Å². The third-order valence-corrected chi connectivity index (χ3v) is 5.13.